The SMILES string of the molecule is CCc1nn(C)c(CNCC(C)COC)c1Br. The summed E-state index contributed by atoms with van der Waals surface area (Å²) < 4.78 is 8.18. The van der Waals surface area contributed by atoms with Crippen LogP contribution in [0.25, 0.3) is 0 Å². The fourth-order valence-corrected chi connectivity index (χ4v) is 2.55. The van der Waals surface area contributed by atoms with E-state index in [1.54, 1.807) is 7.11 Å². The van der Waals surface area contributed by atoms with Crippen molar-refractivity contribution in [2.24, 2.45) is 13.0 Å². The molecule has 1 aromatic rings. The van der Waals surface area contributed by atoms with E-state index >= 15 is 0 Å². The van der Waals surface area contributed by atoms with Crippen molar-refractivity contribution in [3.05, 3.63) is 15.9 Å². The van der Waals surface area contributed by atoms with Gasteiger partial charge in [0.1, 0.15) is 0 Å². The van der Waals surface area contributed by atoms with Crippen LogP contribution in [-0.2, 0) is 24.8 Å². The molecule has 0 aromatic carbocycles. The van der Waals surface area contributed by atoms with Gasteiger partial charge in [0.25, 0.3) is 0 Å². The maximum absolute atomic E-state index is 5.11. The van der Waals surface area contributed by atoms with Gasteiger partial charge in [0.2, 0.25) is 0 Å². The third-order valence-corrected chi connectivity index (χ3v) is 3.65. The summed E-state index contributed by atoms with van der Waals surface area (Å²) in [6, 6.07) is 0. The standard InChI is InChI=1S/C12H22BrN3O/c1-5-10-12(13)11(16(3)15-10)7-14-6-9(2)8-17-4/h9,14H,5-8H2,1-4H3. The molecule has 5 heteroatoms. The molecule has 0 bridgehead atoms. The summed E-state index contributed by atoms with van der Waals surface area (Å²) in [5, 5.41) is 7.90. The minimum Gasteiger partial charge on any atom is -0.384 e. The highest BCUT2D eigenvalue weighted by Crippen LogP contribution is 2.21. The van der Waals surface area contributed by atoms with Crippen molar-refractivity contribution in [1.82, 2.24) is 15.1 Å². The van der Waals surface area contributed by atoms with E-state index in [9.17, 15) is 0 Å². The molecule has 98 valence electrons. The monoisotopic (exact) mass is 303 g/mol. The minimum atomic E-state index is 0.526. The van der Waals surface area contributed by atoms with Crippen molar-refractivity contribution < 1.29 is 4.74 Å². The van der Waals surface area contributed by atoms with Crippen LogP contribution in [0.5, 0.6) is 0 Å². The number of nitrogens with zero attached hydrogens (tertiary/aromatic N) is 2. The highest BCUT2D eigenvalue weighted by Gasteiger charge is 2.12. The smallest absolute Gasteiger partial charge is 0.0767 e. The number of hydrogen-bond donors (Lipinski definition) is 1. The number of hydrogen-bond acceptors (Lipinski definition) is 3. The molecule has 0 saturated carbocycles. The maximum Gasteiger partial charge on any atom is 0.0767 e. The van der Waals surface area contributed by atoms with Gasteiger partial charge in [-0.15, -0.1) is 0 Å². The number of aryl methyl sites for hydroxylation is 2. The van der Waals surface area contributed by atoms with E-state index in [2.05, 4.69) is 40.2 Å². The molecule has 1 aromatic heterocycles. The van der Waals surface area contributed by atoms with Crippen molar-refractivity contribution in [2.45, 2.75) is 26.8 Å². The van der Waals surface area contributed by atoms with E-state index < -0.39 is 0 Å². The van der Waals surface area contributed by atoms with Gasteiger partial charge in [0.05, 0.1) is 15.9 Å². The Balaban J connectivity index is 2.49. The maximum atomic E-state index is 5.11. The van der Waals surface area contributed by atoms with Crippen molar-refractivity contribution in [2.75, 3.05) is 20.3 Å². The van der Waals surface area contributed by atoms with Crippen LogP contribution < -0.4 is 5.32 Å². The predicted octanol–water partition coefficient (Wildman–Crippen LogP) is 2.12. The summed E-state index contributed by atoms with van der Waals surface area (Å²) in [5.74, 6) is 0.526. The zero-order valence-corrected chi connectivity index (χ0v) is 12.7. The molecule has 0 aliphatic heterocycles. The first kappa shape index (κ1) is 14.7. The Bertz CT molecular complexity index is 352. The Morgan fingerprint density at radius 3 is 2.76 bits per heavy atom. The first-order chi connectivity index (χ1) is 8.10. The number of rotatable bonds is 7. The van der Waals surface area contributed by atoms with E-state index in [0.717, 1.165) is 36.3 Å². The van der Waals surface area contributed by atoms with Gasteiger partial charge in [-0.05, 0) is 28.3 Å². The van der Waals surface area contributed by atoms with Gasteiger partial charge in [0, 0.05) is 33.9 Å². The fourth-order valence-electron chi connectivity index (χ4n) is 1.79. The lowest BCUT2D eigenvalue weighted by atomic mass is 10.2. The number of methoxy groups -OCH3 is 1. The summed E-state index contributed by atoms with van der Waals surface area (Å²) in [6.07, 6.45) is 0.953. The van der Waals surface area contributed by atoms with Crippen LogP contribution in [0.15, 0.2) is 4.47 Å². The summed E-state index contributed by atoms with van der Waals surface area (Å²) in [5.41, 5.74) is 2.32. The molecule has 4 nitrogen and oxygen atoms in total. The van der Waals surface area contributed by atoms with Crippen molar-refractivity contribution in [3.63, 3.8) is 0 Å². The average molecular weight is 304 g/mol. The van der Waals surface area contributed by atoms with Crippen molar-refractivity contribution in [3.8, 4) is 0 Å². The Kier molecular flexibility index (Phi) is 6.16. The molecule has 0 radical (unpaired) electrons. The largest absolute Gasteiger partial charge is 0.384 e. The van der Waals surface area contributed by atoms with Gasteiger partial charge in [-0.25, -0.2) is 0 Å². The molecule has 0 amide bonds. The average Bonchev–Trinajstić information content (AvgIpc) is 2.56. The minimum absolute atomic E-state index is 0.526. The quantitative estimate of drug-likeness (QED) is 0.838. The first-order valence-electron chi connectivity index (χ1n) is 6.00. The Labute approximate surface area is 112 Å². The second-order valence-electron chi connectivity index (χ2n) is 4.38. The Morgan fingerprint density at radius 2 is 2.24 bits per heavy atom. The van der Waals surface area contributed by atoms with Gasteiger partial charge in [-0.3, -0.25) is 4.68 Å². The first-order valence-corrected chi connectivity index (χ1v) is 6.79. The van der Waals surface area contributed by atoms with E-state index in [1.165, 1.54) is 5.69 Å². The van der Waals surface area contributed by atoms with E-state index in [1.807, 2.05) is 11.7 Å². The van der Waals surface area contributed by atoms with Gasteiger partial charge in [0.15, 0.2) is 0 Å². The van der Waals surface area contributed by atoms with Crippen LogP contribution in [0.1, 0.15) is 25.2 Å². The number of ether oxygens (including phenoxy) is 1. The molecular weight excluding hydrogens is 282 g/mol. The molecule has 0 spiro atoms. The van der Waals surface area contributed by atoms with Crippen LogP contribution in [0, 0.1) is 5.92 Å². The molecule has 1 heterocycles. The van der Waals surface area contributed by atoms with Gasteiger partial charge in [-0.2, -0.15) is 5.10 Å². The second kappa shape index (κ2) is 7.13. The van der Waals surface area contributed by atoms with E-state index in [-0.39, 0.29) is 0 Å². The molecule has 1 unspecified atom stereocenters. The lowest BCUT2D eigenvalue weighted by Gasteiger charge is -2.11. The van der Waals surface area contributed by atoms with Crippen LogP contribution in [-0.4, -0.2) is 30.0 Å². The lowest BCUT2D eigenvalue weighted by Crippen LogP contribution is -2.24. The van der Waals surface area contributed by atoms with Crippen LogP contribution >= 0.6 is 15.9 Å². The van der Waals surface area contributed by atoms with Gasteiger partial charge < -0.3 is 10.1 Å². The lowest BCUT2D eigenvalue weighted by molar-refractivity contribution is 0.158. The molecule has 0 aliphatic rings. The van der Waals surface area contributed by atoms with Crippen molar-refractivity contribution in [1.29, 1.82) is 0 Å². The zero-order chi connectivity index (χ0) is 12.8. The summed E-state index contributed by atoms with van der Waals surface area (Å²) in [6.45, 7) is 6.86. The van der Waals surface area contributed by atoms with Crippen LogP contribution in [0.3, 0.4) is 0 Å². The predicted molar refractivity (Wildman–Crippen MR) is 73.0 cm³/mol. The molecular formula is C12H22BrN3O. The zero-order valence-electron chi connectivity index (χ0n) is 11.1. The molecule has 1 rings (SSSR count). The third kappa shape index (κ3) is 4.08. The number of nitrogens with one attached hydrogen (secondary N) is 1. The van der Waals surface area contributed by atoms with Gasteiger partial charge in [-0.1, -0.05) is 13.8 Å². The van der Waals surface area contributed by atoms with Crippen LogP contribution in [0.2, 0.25) is 0 Å². The highest BCUT2D eigenvalue weighted by atomic mass is 79.9. The normalized spacial score (nSPS) is 13.0. The number of aromatic nitrogens is 2. The third-order valence-electron chi connectivity index (χ3n) is 2.74. The number of halogens is 1. The molecule has 0 fully saturated rings. The van der Waals surface area contributed by atoms with Gasteiger partial charge >= 0.3 is 0 Å². The highest BCUT2D eigenvalue weighted by molar-refractivity contribution is 9.10. The molecule has 0 saturated heterocycles. The molecule has 1 N–H and O–H groups in total. The summed E-state index contributed by atoms with van der Waals surface area (Å²) in [4.78, 5) is 0. The Hall–Kier alpha value is -0.390. The van der Waals surface area contributed by atoms with E-state index in [4.69, 9.17) is 4.74 Å². The second-order valence-corrected chi connectivity index (χ2v) is 5.17. The summed E-state index contributed by atoms with van der Waals surface area (Å²) in [7, 11) is 3.72. The van der Waals surface area contributed by atoms with Crippen LogP contribution in [0.4, 0.5) is 0 Å². The molecule has 0 aliphatic carbocycles. The molecule has 17 heavy (non-hydrogen) atoms. The van der Waals surface area contributed by atoms with Crippen molar-refractivity contribution >= 4 is 15.9 Å². The molecule has 1 atom stereocenters. The fraction of sp³-hybridized carbons (Fsp3) is 0.750. The van der Waals surface area contributed by atoms with E-state index in [0.29, 0.717) is 5.92 Å². The Morgan fingerprint density at radius 1 is 1.53 bits per heavy atom. The summed E-state index contributed by atoms with van der Waals surface area (Å²) >= 11 is 3.61. The topological polar surface area (TPSA) is 39.1 Å².